The van der Waals surface area contributed by atoms with Gasteiger partial charge in [-0.15, -0.1) is 12.3 Å². The zero-order valence-electron chi connectivity index (χ0n) is 8.35. The van der Waals surface area contributed by atoms with Crippen molar-refractivity contribution >= 4 is 0 Å². The Morgan fingerprint density at radius 3 is 2.13 bits per heavy atom. The molecular formula is C11H11Cl2NZr. The zero-order chi connectivity index (χ0) is 8.81. The van der Waals surface area contributed by atoms with E-state index in [1.54, 1.807) is 0 Å². The first-order valence-corrected chi connectivity index (χ1v) is 3.76. The van der Waals surface area contributed by atoms with Gasteiger partial charge in [0.2, 0.25) is 0 Å². The predicted molar refractivity (Wildman–Crippen MR) is 50.5 cm³/mol. The van der Waals surface area contributed by atoms with E-state index in [0.29, 0.717) is 0 Å². The van der Waals surface area contributed by atoms with E-state index in [2.05, 4.69) is 23.8 Å². The first-order valence-electron chi connectivity index (χ1n) is 3.76. The minimum Gasteiger partial charge on any atom is -1.00 e. The van der Waals surface area contributed by atoms with Crippen molar-refractivity contribution in [3.8, 4) is 0 Å². The van der Waals surface area contributed by atoms with Gasteiger partial charge in [0, 0.05) is 0 Å². The maximum Gasteiger partial charge on any atom is 4.00 e. The van der Waals surface area contributed by atoms with Gasteiger partial charge in [-0.3, -0.25) is 0 Å². The molecule has 1 nitrogen and oxygen atoms in total. The number of H-pyrrole nitrogens is 1. The number of halogens is 2. The first-order chi connectivity index (χ1) is 5.79. The molecule has 0 aromatic carbocycles. The van der Waals surface area contributed by atoms with Crippen LogP contribution in [0.25, 0.3) is 0 Å². The first kappa shape index (κ1) is 20.4. The summed E-state index contributed by atoms with van der Waals surface area (Å²) < 4.78 is 0. The van der Waals surface area contributed by atoms with E-state index in [1.165, 1.54) is 0 Å². The number of allylic oxidation sites excluding steroid dienone is 5. The van der Waals surface area contributed by atoms with Crippen molar-refractivity contribution in [2.45, 2.75) is 6.92 Å². The molecule has 0 unspecified atom stereocenters. The van der Waals surface area contributed by atoms with Crippen LogP contribution in [0.2, 0.25) is 0 Å². The predicted octanol–water partition coefficient (Wildman–Crippen LogP) is -3.40. The smallest absolute Gasteiger partial charge is 1.00 e. The Morgan fingerprint density at radius 1 is 1.33 bits per heavy atom. The van der Waals surface area contributed by atoms with Crippen LogP contribution in [-0.4, -0.2) is 4.98 Å². The molecule has 1 aromatic rings. The van der Waals surface area contributed by atoms with Gasteiger partial charge < -0.3 is 29.8 Å². The number of nitrogens with one attached hydrogen (secondary N) is 1. The van der Waals surface area contributed by atoms with Crippen molar-refractivity contribution in [1.82, 2.24) is 4.98 Å². The van der Waals surface area contributed by atoms with E-state index in [4.69, 9.17) is 0 Å². The molecule has 0 spiro atoms. The standard InChI is InChI=1S/C6H5.C5H6N.2ClH.Zr/c1-6-4-2-3-5-6;1-5-2-3-6-4-5;;;/h2-4H,1H2;2-3,6H,1H3;2*1H;/q2*-1;;;+4/p-2. The van der Waals surface area contributed by atoms with Gasteiger partial charge in [-0.25, -0.2) is 0 Å². The van der Waals surface area contributed by atoms with Gasteiger partial charge in [-0.1, -0.05) is 6.92 Å². The molecule has 1 N–H and O–H groups in total. The van der Waals surface area contributed by atoms with E-state index < -0.39 is 0 Å². The molecule has 1 aromatic heterocycles. The van der Waals surface area contributed by atoms with Crippen molar-refractivity contribution in [1.29, 1.82) is 0 Å². The third kappa shape index (κ3) is 10.2. The van der Waals surface area contributed by atoms with Gasteiger partial charge >= 0.3 is 26.2 Å². The number of aromatic amines is 1. The molecule has 0 bridgehead atoms. The van der Waals surface area contributed by atoms with Crippen LogP contribution in [0.3, 0.4) is 0 Å². The quantitative estimate of drug-likeness (QED) is 0.480. The van der Waals surface area contributed by atoms with Gasteiger partial charge in [-0.2, -0.15) is 48.2 Å². The number of hydrogen-bond acceptors (Lipinski definition) is 0. The van der Waals surface area contributed by atoms with Crippen LogP contribution in [0.15, 0.2) is 42.6 Å². The van der Waals surface area contributed by atoms with Crippen molar-refractivity contribution in [3.05, 3.63) is 60.5 Å². The number of hydrogen-bond donors (Lipinski definition) is 1. The summed E-state index contributed by atoms with van der Waals surface area (Å²) in [4.78, 5) is 2.80. The zero-order valence-corrected chi connectivity index (χ0v) is 12.3. The fraction of sp³-hybridized carbons (Fsp3) is 0.0909. The van der Waals surface area contributed by atoms with Gasteiger partial charge in [0.25, 0.3) is 0 Å². The Morgan fingerprint density at radius 2 is 2.00 bits per heavy atom. The van der Waals surface area contributed by atoms with Crippen LogP contribution < -0.4 is 24.8 Å². The normalized spacial score (nSPS) is 10.3. The Bertz CT molecular complexity index is 288. The molecular weight excluding hydrogens is 308 g/mol. The molecule has 0 atom stereocenters. The van der Waals surface area contributed by atoms with E-state index >= 15 is 0 Å². The van der Waals surface area contributed by atoms with E-state index in [1.807, 2.05) is 37.4 Å². The number of rotatable bonds is 0. The van der Waals surface area contributed by atoms with Crippen LogP contribution in [0.5, 0.6) is 0 Å². The van der Waals surface area contributed by atoms with Gasteiger partial charge in [0.05, 0.1) is 0 Å². The van der Waals surface area contributed by atoms with E-state index in [0.717, 1.165) is 11.1 Å². The fourth-order valence-electron chi connectivity index (χ4n) is 0.731. The second kappa shape index (κ2) is 12.0. The minimum absolute atomic E-state index is 0. The van der Waals surface area contributed by atoms with Crippen LogP contribution in [0, 0.1) is 19.2 Å². The van der Waals surface area contributed by atoms with Crippen molar-refractivity contribution in [2.75, 3.05) is 0 Å². The summed E-state index contributed by atoms with van der Waals surface area (Å²) >= 11 is 0. The SMILES string of the molecule is C=C1[C-]=CC=C1.Cc1[c-][nH]cc1.[Cl-].[Cl-].[Zr+4]. The number of aromatic nitrogens is 1. The molecule has 1 aliphatic rings. The van der Waals surface area contributed by atoms with Crippen LogP contribution in [0.1, 0.15) is 5.56 Å². The second-order valence-electron chi connectivity index (χ2n) is 2.48. The summed E-state index contributed by atoms with van der Waals surface area (Å²) in [5.74, 6) is 0. The van der Waals surface area contributed by atoms with E-state index in [9.17, 15) is 0 Å². The van der Waals surface area contributed by atoms with Crippen LogP contribution in [0.4, 0.5) is 0 Å². The second-order valence-corrected chi connectivity index (χ2v) is 2.48. The molecule has 1 heterocycles. The monoisotopic (exact) mass is 317 g/mol. The molecule has 2 rings (SSSR count). The van der Waals surface area contributed by atoms with E-state index in [-0.39, 0.29) is 51.0 Å². The van der Waals surface area contributed by atoms with Gasteiger partial charge in [0.15, 0.2) is 0 Å². The largest absolute Gasteiger partial charge is 4.00 e. The minimum atomic E-state index is 0. The third-order valence-electron chi connectivity index (χ3n) is 1.35. The molecule has 1 aliphatic carbocycles. The summed E-state index contributed by atoms with van der Waals surface area (Å²) in [6, 6.07) is 1.97. The Kier molecular flexibility index (Phi) is 16.4. The molecule has 4 heteroatoms. The number of aryl methyl sites for hydroxylation is 1. The van der Waals surface area contributed by atoms with Crippen LogP contribution in [-0.2, 0) is 26.2 Å². The molecule has 0 aliphatic heterocycles. The van der Waals surface area contributed by atoms with Crippen molar-refractivity contribution in [2.24, 2.45) is 0 Å². The average Bonchev–Trinajstić information content (AvgIpc) is 2.63. The molecule has 0 saturated carbocycles. The van der Waals surface area contributed by atoms with Crippen LogP contribution >= 0.6 is 0 Å². The molecule has 0 saturated heterocycles. The third-order valence-corrected chi connectivity index (χ3v) is 1.35. The van der Waals surface area contributed by atoms with Crippen molar-refractivity contribution < 1.29 is 51.0 Å². The van der Waals surface area contributed by atoms with Gasteiger partial charge in [-0.05, 0) is 0 Å². The summed E-state index contributed by atoms with van der Waals surface area (Å²) in [6.07, 6.45) is 13.3. The summed E-state index contributed by atoms with van der Waals surface area (Å²) in [7, 11) is 0. The Labute approximate surface area is 123 Å². The molecule has 0 radical (unpaired) electrons. The summed E-state index contributed by atoms with van der Waals surface area (Å²) in [6.45, 7) is 5.62. The fourth-order valence-corrected chi connectivity index (χ4v) is 0.731. The molecule has 0 amide bonds. The summed E-state index contributed by atoms with van der Waals surface area (Å²) in [5, 5.41) is 0. The topological polar surface area (TPSA) is 15.8 Å². The molecule has 78 valence electrons. The average molecular weight is 319 g/mol. The maximum atomic E-state index is 3.62. The molecule has 0 fully saturated rings. The molecule has 15 heavy (non-hydrogen) atoms. The summed E-state index contributed by atoms with van der Waals surface area (Å²) in [5.41, 5.74) is 2.13. The Balaban J connectivity index is -0.000000160. The van der Waals surface area contributed by atoms with Gasteiger partial charge in [0.1, 0.15) is 0 Å². The van der Waals surface area contributed by atoms with Crippen molar-refractivity contribution in [3.63, 3.8) is 0 Å². The Hall–Kier alpha value is -0.0369. The maximum absolute atomic E-state index is 3.62.